The second-order valence-electron chi connectivity index (χ2n) is 6.77. The quantitative estimate of drug-likeness (QED) is 0.678. The first-order valence-electron chi connectivity index (χ1n) is 9.40. The minimum atomic E-state index is -0.153. The Morgan fingerprint density at radius 2 is 1.57 bits per heavy atom. The molecule has 0 spiro atoms. The van der Waals surface area contributed by atoms with E-state index >= 15 is 0 Å². The highest BCUT2D eigenvalue weighted by molar-refractivity contribution is 6.06. The highest BCUT2D eigenvalue weighted by Gasteiger charge is 2.17. The minimum absolute atomic E-state index is 0.153. The van der Waals surface area contributed by atoms with E-state index in [9.17, 15) is 4.79 Å². The molecule has 28 heavy (non-hydrogen) atoms. The van der Waals surface area contributed by atoms with E-state index in [0.29, 0.717) is 24.5 Å². The number of hydrogen-bond donors (Lipinski definition) is 2. The average Bonchev–Trinajstić information content (AvgIpc) is 2.75. The molecule has 142 valence electrons. The molecule has 0 radical (unpaired) electrons. The van der Waals surface area contributed by atoms with E-state index in [1.165, 1.54) is 0 Å². The van der Waals surface area contributed by atoms with Gasteiger partial charge in [0.25, 0.3) is 5.91 Å². The molecule has 0 aromatic heterocycles. The number of benzene rings is 3. The number of rotatable bonds is 4. The van der Waals surface area contributed by atoms with Gasteiger partial charge in [-0.25, -0.2) is 0 Å². The zero-order valence-corrected chi connectivity index (χ0v) is 15.6. The number of nitrogens with one attached hydrogen (secondary N) is 1. The van der Waals surface area contributed by atoms with Crippen LogP contribution in [0.2, 0.25) is 0 Å². The van der Waals surface area contributed by atoms with Crippen LogP contribution in [0.1, 0.15) is 10.4 Å². The second kappa shape index (κ2) is 8.15. The second-order valence-corrected chi connectivity index (χ2v) is 6.77. The zero-order valence-electron chi connectivity index (χ0n) is 15.6. The number of nitrogens with two attached hydrogens (primary N) is 1. The molecule has 0 aliphatic carbocycles. The number of morpholine rings is 1. The molecule has 1 fully saturated rings. The molecule has 5 nitrogen and oxygen atoms in total. The van der Waals surface area contributed by atoms with Gasteiger partial charge in [0.15, 0.2) is 0 Å². The van der Waals surface area contributed by atoms with Crippen LogP contribution >= 0.6 is 0 Å². The first-order chi connectivity index (χ1) is 13.7. The van der Waals surface area contributed by atoms with Gasteiger partial charge in [0.05, 0.1) is 24.6 Å². The molecular formula is C23H23N3O2. The van der Waals surface area contributed by atoms with Gasteiger partial charge >= 0.3 is 0 Å². The van der Waals surface area contributed by atoms with Crippen LogP contribution < -0.4 is 16.0 Å². The maximum absolute atomic E-state index is 12.8. The lowest BCUT2D eigenvalue weighted by Crippen LogP contribution is -2.36. The highest BCUT2D eigenvalue weighted by atomic mass is 16.5. The molecule has 3 aromatic rings. The van der Waals surface area contributed by atoms with Crippen molar-refractivity contribution in [1.29, 1.82) is 0 Å². The highest BCUT2D eigenvalue weighted by Crippen LogP contribution is 2.29. The normalized spacial score (nSPS) is 13.9. The van der Waals surface area contributed by atoms with Crippen molar-refractivity contribution in [3.63, 3.8) is 0 Å². The number of anilines is 3. The Balaban J connectivity index is 1.54. The minimum Gasteiger partial charge on any atom is -0.399 e. The molecule has 0 bridgehead atoms. The fourth-order valence-electron chi connectivity index (χ4n) is 3.37. The van der Waals surface area contributed by atoms with E-state index in [1.807, 2.05) is 54.6 Å². The van der Waals surface area contributed by atoms with Gasteiger partial charge in [0, 0.05) is 24.3 Å². The topological polar surface area (TPSA) is 67.6 Å². The summed E-state index contributed by atoms with van der Waals surface area (Å²) in [5, 5.41) is 3.02. The van der Waals surface area contributed by atoms with Crippen LogP contribution in [0.4, 0.5) is 17.1 Å². The number of nitrogens with zero attached hydrogens (tertiary/aromatic N) is 1. The molecule has 0 unspecified atom stereocenters. The third-order valence-electron chi connectivity index (χ3n) is 4.87. The third kappa shape index (κ3) is 4.00. The first-order valence-corrected chi connectivity index (χ1v) is 9.40. The summed E-state index contributed by atoms with van der Waals surface area (Å²) in [6.45, 7) is 2.94. The molecule has 1 amide bonds. The van der Waals surface area contributed by atoms with Gasteiger partial charge in [-0.05, 0) is 41.5 Å². The number of carbonyl (C=O) groups is 1. The van der Waals surface area contributed by atoms with Crippen molar-refractivity contribution in [2.24, 2.45) is 0 Å². The number of ether oxygens (including phenoxy) is 1. The van der Waals surface area contributed by atoms with Crippen LogP contribution in [0, 0.1) is 0 Å². The smallest absolute Gasteiger partial charge is 0.255 e. The van der Waals surface area contributed by atoms with Crippen LogP contribution in [0.15, 0.2) is 72.8 Å². The van der Waals surface area contributed by atoms with Crippen LogP contribution in [0.5, 0.6) is 0 Å². The maximum Gasteiger partial charge on any atom is 0.255 e. The van der Waals surface area contributed by atoms with Crippen molar-refractivity contribution >= 4 is 23.0 Å². The van der Waals surface area contributed by atoms with Gasteiger partial charge in [-0.15, -0.1) is 0 Å². The summed E-state index contributed by atoms with van der Waals surface area (Å²) in [5.74, 6) is -0.153. The maximum atomic E-state index is 12.8. The van der Waals surface area contributed by atoms with Crippen molar-refractivity contribution in [1.82, 2.24) is 0 Å². The third-order valence-corrected chi connectivity index (χ3v) is 4.87. The molecule has 1 aliphatic rings. The lowest BCUT2D eigenvalue weighted by atomic mass is 10.0. The Labute approximate surface area is 164 Å². The summed E-state index contributed by atoms with van der Waals surface area (Å²) in [7, 11) is 0. The number of hydrogen-bond acceptors (Lipinski definition) is 4. The predicted octanol–water partition coefficient (Wildman–Crippen LogP) is 4.02. The van der Waals surface area contributed by atoms with Gasteiger partial charge in [0.1, 0.15) is 0 Å². The summed E-state index contributed by atoms with van der Waals surface area (Å²) < 4.78 is 5.43. The summed E-state index contributed by atoms with van der Waals surface area (Å²) in [5.41, 5.74) is 11.1. The number of amides is 1. The van der Waals surface area contributed by atoms with E-state index in [4.69, 9.17) is 10.5 Å². The first kappa shape index (κ1) is 18.1. The van der Waals surface area contributed by atoms with Gasteiger partial charge in [-0.3, -0.25) is 4.79 Å². The Morgan fingerprint density at radius 1 is 0.893 bits per heavy atom. The van der Waals surface area contributed by atoms with E-state index in [1.54, 1.807) is 6.07 Å². The zero-order chi connectivity index (χ0) is 19.3. The SMILES string of the molecule is Nc1ccc(N2CCOCC2)c(NC(=O)c2ccc(-c3ccccc3)cc2)c1. The van der Waals surface area contributed by atoms with Crippen molar-refractivity contribution in [2.75, 3.05) is 42.3 Å². The molecule has 1 aliphatic heterocycles. The molecule has 3 N–H and O–H groups in total. The fourth-order valence-corrected chi connectivity index (χ4v) is 3.37. The fraction of sp³-hybridized carbons (Fsp3) is 0.174. The number of carbonyl (C=O) groups excluding carboxylic acids is 1. The average molecular weight is 373 g/mol. The van der Waals surface area contributed by atoms with E-state index in [-0.39, 0.29) is 5.91 Å². The Hall–Kier alpha value is -3.31. The standard InChI is InChI=1S/C23H23N3O2/c24-20-10-11-22(26-12-14-28-15-13-26)21(16-20)25-23(27)19-8-6-18(7-9-19)17-4-2-1-3-5-17/h1-11,16H,12-15,24H2,(H,25,27). The Morgan fingerprint density at radius 3 is 2.29 bits per heavy atom. The van der Waals surface area contributed by atoms with E-state index in [0.717, 1.165) is 35.6 Å². The van der Waals surface area contributed by atoms with Crippen molar-refractivity contribution in [3.05, 3.63) is 78.4 Å². The largest absolute Gasteiger partial charge is 0.399 e. The van der Waals surface area contributed by atoms with Gasteiger partial charge in [0.2, 0.25) is 0 Å². The summed E-state index contributed by atoms with van der Waals surface area (Å²) in [6.07, 6.45) is 0. The van der Waals surface area contributed by atoms with E-state index < -0.39 is 0 Å². The van der Waals surface area contributed by atoms with Crippen LogP contribution in [0.25, 0.3) is 11.1 Å². The van der Waals surface area contributed by atoms with Gasteiger partial charge in [-0.1, -0.05) is 42.5 Å². The number of nitrogen functional groups attached to an aromatic ring is 1. The van der Waals surface area contributed by atoms with Crippen LogP contribution in [-0.2, 0) is 4.74 Å². The Bertz CT molecular complexity index is 949. The molecular weight excluding hydrogens is 350 g/mol. The molecule has 0 saturated carbocycles. The van der Waals surface area contributed by atoms with Crippen molar-refractivity contribution in [2.45, 2.75) is 0 Å². The van der Waals surface area contributed by atoms with Crippen molar-refractivity contribution < 1.29 is 9.53 Å². The molecule has 4 rings (SSSR count). The van der Waals surface area contributed by atoms with Gasteiger partial charge < -0.3 is 20.7 Å². The van der Waals surface area contributed by atoms with E-state index in [2.05, 4.69) is 22.3 Å². The predicted molar refractivity (Wildman–Crippen MR) is 114 cm³/mol. The summed E-state index contributed by atoms with van der Waals surface area (Å²) in [4.78, 5) is 15.0. The lowest BCUT2D eigenvalue weighted by molar-refractivity contribution is 0.102. The van der Waals surface area contributed by atoms with Crippen molar-refractivity contribution in [3.8, 4) is 11.1 Å². The monoisotopic (exact) mass is 373 g/mol. The molecule has 3 aromatic carbocycles. The van der Waals surface area contributed by atoms with Crippen LogP contribution in [-0.4, -0.2) is 32.2 Å². The summed E-state index contributed by atoms with van der Waals surface area (Å²) >= 11 is 0. The van der Waals surface area contributed by atoms with Gasteiger partial charge in [-0.2, -0.15) is 0 Å². The molecule has 1 heterocycles. The molecule has 0 atom stereocenters. The molecule has 5 heteroatoms. The lowest BCUT2D eigenvalue weighted by Gasteiger charge is -2.30. The summed E-state index contributed by atoms with van der Waals surface area (Å²) in [6, 6.07) is 23.3. The molecule has 1 saturated heterocycles. The Kier molecular flexibility index (Phi) is 5.26. The van der Waals surface area contributed by atoms with Crippen LogP contribution in [0.3, 0.4) is 0 Å².